The maximum absolute atomic E-state index is 13.1. The monoisotopic (exact) mass is 965 g/mol. The lowest BCUT2D eigenvalue weighted by molar-refractivity contribution is -0.193. The normalized spacial score (nSPS) is 16.4. The number of amides is 1. The fraction of sp³-hybridized carbons (Fsp3) is 0.537. The Hall–Kier alpha value is -4.55. The molecule has 4 N–H and O–H groups in total. The number of benzene rings is 1. The van der Waals surface area contributed by atoms with E-state index in [2.05, 4.69) is 72.8 Å². The smallest absolute Gasteiger partial charge is 0.490 e. The number of aromatic hydroxyl groups is 1. The number of aromatic nitrogens is 2. The van der Waals surface area contributed by atoms with Crippen LogP contribution in [0, 0.1) is 6.92 Å². The summed E-state index contributed by atoms with van der Waals surface area (Å²) in [5.41, 5.74) is 1.43. The van der Waals surface area contributed by atoms with E-state index in [1.807, 2.05) is 34.6 Å². The molecular formula is C41H53F6N5O9S2Si. The van der Waals surface area contributed by atoms with E-state index < -0.39 is 32.6 Å². The number of hydrogen-bond donors (Lipinski definition) is 4. The number of nitrogens with zero attached hydrogens (tertiary/aromatic N) is 4. The molecule has 2 saturated heterocycles. The first-order valence-corrected chi connectivity index (χ1v) is 24.6. The number of likely N-dealkylation sites (tertiary alicyclic amines) is 1. The van der Waals surface area contributed by atoms with Crippen molar-refractivity contribution < 1.29 is 65.2 Å². The standard InChI is InChI=1S/C37H51N5O5S2Si.2C2HF3O2/c1-25-38-29(23-48-25)35(45)42-20-21-46-37(24-42)15-18-41(19-16-37)17-14-26-8-13-33(49-26)40(5)22-31(47-50(6,7)36(2,3)4)27-9-11-30(43)34-28(27)10-12-32(44)39-34;2*3-2(4,5)1(6)7/h8-13,23,31,43H,14-22,24H2,1-7H3,(H,39,44);2*(H,6,7)/t31-;;/m0../s1. The lowest BCUT2D eigenvalue weighted by atomic mass is 9.89. The molecule has 1 amide bonds. The first-order valence-electron chi connectivity index (χ1n) is 20.0. The Morgan fingerprint density at radius 2 is 1.59 bits per heavy atom. The van der Waals surface area contributed by atoms with Gasteiger partial charge in [-0.3, -0.25) is 9.59 Å². The Kier molecular flexibility index (Phi) is 16.9. The van der Waals surface area contributed by atoms with Crippen LogP contribution in [0.25, 0.3) is 10.9 Å². The van der Waals surface area contributed by atoms with Crippen molar-refractivity contribution in [3.8, 4) is 5.75 Å². The van der Waals surface area contributed by atoms with Gasteiger partial charge in [-0.05, 0) is 74.1 Å². The van der Waals surface area contributed by atoms with Crippen LogP contribution in [0.2, 0.25) is 18.1 Å². The van der Waals surface area contributed by atoms with Crippen molar-refractivity contribution >= 4 is 64.7 Å². The van der Waals surface area contributed by atoms with Gasteiger partial charge in [-0.2, -0.15) is 26.3 Å². The number of carboxylic acids is 2. The molecule has 64 heavy (non-hydrogen) atoms. The number of aliphatic carboxylic acids is 2. The molecule has 1 atom stereocenters. The lowest BCUT2D eigenvalue weighted by Crippen LogP contribution is -2.58. The summed E-state index contributed by atoms with van der Waals surface area (Å²) in [4.78, 5) is 58.3. The number of aryl methyl sites for hydroxylation is 1. The minimum atomic E-state index is -5.08. The van der Waals surface area contributed by atoms with Crippen LogP contribution in [-0.4, -0.2) is 132 Å². The minimum Gasteiger partial charge on any atom is -0.506 e. The summed E-state index contributed by atoms with van der Waals surface area (Å²) >= 11 is 3.33. The number of morpholine rings is 1. The Morgan fingerprint density at radius 3 is 2.14 bits per heavy atom. The predicted octanol–water partition coefficient (Wildman–Crippen LogP) is 8.08. The van der Waals surface area contributed by atoms with Crippen LogP contribution in [0.3, 0.4) is 0 Å². The zero-order chi connectivity index (χ0) is 48.0. The van der Waals surface area contributed by atoms with Crippen LogP contribution < -0.4 is 10.5 Å². The third kappa shape index (κ3) is 14.0. The molecule has 4 aromatic rings. The number of pyridine rings is 1. The van der Waals surface area contributed by atoms with E-state index in [1.54, 1.807) is 12.1 Å². The van der Waals surface area contributed by atoms with Crippen LogP contribution in [-0.2, 0) is 25.2 Å². The fourth-order valence-electron chi connectivity index (χ4n) is 6.71. The summed E-state index contributed by atoms with van der Waals surface area (Å²) in [6.45, 7) is 18.5. The second kappa shape index (κ2) is 20.7. The molecule has 354 valence electrons. The highest BCUT2D eigenvalue weighted by Gasteiger charge is 2.43. The van der Waals surface area contributed by atoms with Crippen molar-refractivity contribution in [3.05, 3.63) is 73.3 Å². The molecule has 0 radical (unpaired) electrons. The lowest BCUT2D eigenvalue weighted by Gasteiger charge is -2.47. The number of ether oxygens (including phenoxy) is 1. The quantitative estimate of drug-likeness (QED) is 0.0887. The van der Waals surface area contributed by atoms with Crippen molar-refractivity contribution in [2.45, 2.75) is 89.1 Å². The number of likely N-dealkylation sites (N-methyl/N-ethyl adjacent to an activating group) is 1. The SMILES string of the molecule is Cc1nc(C(=O)N2CCOC3(CCN(CCc4ccc(N(C)C[C@H](O[Si](C)(C)C(C)(C)C)c5ccc(O)c6[nH]c(=O)ccc56)s4)CC3)C2)cs1.O=C(O)C(F)(F)F.O=C(O)C(F)(F)F. The van der Waals surface area contributed by atoms with Gasteiger partial charge in [0.25, 0.3) is 5.91 Å². The number of phenolic OH excluding ortho intramolecular Hbond substituents is 1. The Bertz CT molecular complexity index is 2280. The molecule has 14 nitrogen and oxygen atoms in total. The second-order valence-corrected chi connectivity index (χ2v) is 23.9. The molecular weight excluding hydrogens is 913 g/mol. The molecule has 23 heteroatoms. The van der Waals surface area contributed by atoms with Gasteiger partial charge in [0.1, 0.15) is 11.4 Å². The predicted molar refractivity (Wildman–Crippen MR) is 233 cm³/mol. The molecule has 0 bridgehead atoms. The molecule has 0 saturated carbocycles. The maximum Gasteiger partial charge on any atom is 0.490 e. The maximum atomic E-state index is 13.1. The number of thiazole rings is 1. The van der Waals surface area contributed by atoms with Crippen molar-refractivity contribution in [3.63, 3.8) is 0 Å². The average molecular weight is 966 g/mol. The molecule has 1 spiro atoms. The molecule has 2 aliphatic heterocycles. The summed E-state index contributed by atoms with van der Waals surface area (Å²) in [5, 5.41) is 29.6. The van der Waals surface area contributed by atoms with E-state index >= 15 is 0 Å². The average Bonchev–Trinajstić information content (AvgIpc) is 3.86. The van der Waals surface area contributed by atoms with Crippen molar-refractivity contribution in [1.82, 2.24) is 19.8 Å². The Labute approximate surface area is 374 Å². The molecule has 6 rings (SSSR count). The van der Waals surface area contributed by atoms with E-state index in [1.165, 1.54) is 27.3 Å². The van der Waals surface area contributed by atoms with Gasteiger partial charge in [-0.15, -0.1) is 22.7 Å². The zero-order valence-electron chi connectivity index (χ0n) is 36.4. The number of fused-ring (bicyclic) bond motifs is 1. The van der Waals surface area contributed by atoms with Crippen molar-refractivity contribution in [1.29, 1.82) is 0 Å². The number of carboxylic acid groups (broad SMARTS) is 2. The van der Waals surface area contributed by atoms with Gasteiger partial charge >= 0.3 is 24.3 Å². The Morgan fingerprint density at radius 1 is 0.984 bits per heavy atom. The number of rotatable bonds is 10. The number of alkyl halides is 6. The van der Waals surface area contributed by atoms with Crippen molar-refractivity contribution in [2.24, 2.45) is 0 Å². The summed E-state index contributed by atoms with van der Waals surface area (Å²) in [5.74, 6) is -5.44. The summed E-state index contributed by atoms with van der Waals surface area (Å²) in [6.07, 6.45) is -7.62. The minimum absolute atomic E-state index is 0.00968. The molecule has 2 fully saturated rings. The third-order valence-electron chi connectivity index (χ3n) is 11.3. The molecule has 2 aliphatic rings. The second-order valence-electron chi connectivity index (χ2n) is 17.0. The number of phenols is 1. The van der Waals surface area contributed by atoms with Gasteiger partial charge in [-0.1, -0.05) is 26.8 Å². The highest BCUT2D eigenvalue weighted by molar-refractivity contribution is 7.16. The number of piperidine rings is 1. The van der Waals surface area contributed by atoms with Gasteiger partial charge in [0.15, 0.2) is 8.32 Å². The van der Waals surface area contributed by atoms with Gasteiger partial charge in [0.05, 0.1) is 40.4 Å². The van der Waals surface area contributed by atoms with Crippen LogP contribution >= 0.6 is 22.7 Å². The number of aromatic amines is 1. The van der Waals surface area contributed by atoms with E-state index in [4.69, 9.17) is 29.0 Å². The first-order chi connectivity index (χ1) is 29.5. The molecule has 5 heterocycles. The first kappa shape index (κ1) is 52.1. The van der Waals surface area contributed by atoms with Gasteiger partial charge < -0.3 is 44.2 Å². The molecule has 1 aromatic carbocycles. The third-order valence-corrected chi connectivity index (χ3v) is 17.8. The number of hydrogen-bond acceptors (Lipinski definition) is 12. The summed E-state index contributed by atoms with van der Waals surface area (Å²) in [6, 6.07) is 11.3. The number of thiophene rings is 1. The summed E-state index contributed by atoms with van der Waals surface area (Å²) in [7, 11) is -0.0792. The number of nitrogens with one attached hydrogen (secondary N) is 1. The van der Waals surface area contributed by atoms with Crippen LogP contribution in [0.15, 0.2) is 46.6 Å². The van der Waals surface area contributed by atoms with Crippen molar-refractivity contribution in [2.75, 3.05) is 57.8 Å². The zero-order valence-corrected chi connectivity index (χ0v) is 39.0. The highest BCUT2D eigenvalue weighted by atomic mass is 32.1. The molecule has 0 unspecified atom stereocenters. The van der Waals surface area contributed by atoms with Crippen LogP contribution in [0.4, 0.5) is 31.3 Å². The highest BCUT2D eigenvalue weighted by Crippen LogP contribution is 2.42. The van der Waals surface area contributed by atoms with Gasteiger partial charge in [0, 0.05) is 61.5 Å². The summed E-state index contributed by atoms with van der Waals surface area (Å²) < 4.78 is 76.9. The van der Waals surface area contributed by atoms with Gasteiger partial charge in [0.2, 0.25) is 5.56 Å². The number of carbonyl (C=O) groups excluding carboxylic acids is 1. The Balaban J connectivity index is 0.000000555. The van der Waals surface area contributed by atoms with E-state index in [9.17, 15) is 41.0 Å². The number of halogens is 6. The van der Waals surface area contributed by atoms with E-state index in [-0.39, 0.29) is 34.0 Å². The number of H-pyrrole nitrogens is 1. The molecule has 0 aliphatic carbocycles. The topological polar surface area (TPSA) is 186 Å². The van der Waals surface area contributed by atoms with E-state index in [0.717, 1.165) is 54.9 Å². The van der Waals surface area contributed by atoms with E-state index in [0.29, 0.717) is 37.5 Å². The fourth-order valence-corrected chi connectivity index (χ4v) is 9.53. The number of anilines is 1. The van der Waals surface area contributed by atoms with Gasteiger partial charge in [-0.25, -0.2) is 14.6 Å². The van der Waals surface area contributed by atoms with Crippen LogP contribution in [0.1, 0.15) is 65.7 Å². The largest absolute Gasteiger partial charge is 0.506 e. The number of carbonyl (C=O) groups is 3. The van der Waals surface area contributed by atoms with Crippen LogP contribution in [0.5, 0.6) is 5.75 Å². The molecule has 3 aromatic heterocycles.